The molecule has 4 rings (SSSR count). The maximum Gasteiger partial charge on any atom is 0.182 e. The van der Waals surface area contributed by atoms with Crippen LogP contribution in [0.25, 0.3) is 16.7 Å². The summed E-state index contributed by atoms with van der Waals surface area (Å²) in [5, 5.41) is 0. The molecule has 0 amide bonds. The number of aromatic amines is 1. The lowest BCUT2D eigenvalue weighted by molar-refractivity contribution is 0.590. The number of hydrogen-bond donors (Lipinski definition) is 1. The van der Waals surface area contributed by atoms with Crippen LogP contribution in [-0.2, 0) is 12.8 Å². The van der Waals surface area contributed by atoms with Crippen LogP contribution < -0.4 is 0 Å². The second-order valence-electron chi connectivity index (χ2n) is 5.35. The van der Waals surface area contributed by atoms with E-state index in [2.05, 4.69) is 17.1 Å². The fraction of sp³-hybridized carbons (Fsp3) is 0.188. The normalized spacial score (nSPS) is 13.8. The summed E-state index contributed by atoms with van der Waals surface area (Å²) in [6.07, 6.45) is 3.29. The third-order valence-corrected chi connectivity index (χ3v) is 4.34. The van der Waals surface area contributed by atoms with Crippen LogP contribution in [0, 0.1) is 16.4 Å². The highest BCUT2D eigenvalue weighted by molar-refractivity contribution is 7.71. The maximum atomic E-state index is 13.8. The number of imidazole rings is 1. The predicted molar refractivity (Wildman–Crippen MR) is 80.4 cm³/mol. The van der Waals surface area contributed by atoms with Gasteiger partial charge in [0.2, 0.25) is 0 Å². The molecule has 0 unspecified atom stereocenters. The van der Waals surface area contributed by atoms with E-state index in [1.165, 1.54) is 17.2 Å². The van der Waals surface area contributed by atoms with E-state index in [1.807, 2.05) is 6.07 Å². The standard InChI is InChI=1S/C16H12F2N2S/c17-11-7-13(18)15-14(8-11)20(16(21)19-15)12-5-4-9-2-1-3-10(9)6-12/h4-8H,1-3H2,(H,19,21). The Labute approximate surface area is 125 Å². The van der Waals surface area contributed by atoms with Crippen molar-refractivity contribution in [2.24, 2.45) is 0 Å². The van der Waals surface area contributed by atoms with Gasteiger partial charge in [0, 0.05) is 17.8 Å². The van der Waals surface area contributed by atoms with Gasteiger partial charge in [-0.1, -0.05) is 6.07 Å². The van der Waals surface area contributed by atoms with Crippen molar-refractivity contribution in [2.45, 2.75) is 19.3 Å². The van der Waals surface area contributed by atoms with E-state index >= 15 is 0 Å². The zero-order valence-corrected chi connectivity index (χ0v) is 11.9. The molecule has 106 valence electrons. The van der Waals surface area contributed by atoms with Crippen LogP contribution in [-0.4, -0.2) is 9.55 Å². The molecule has 1 N–H and O–H groups in total. The zero-order valence-electron chi connectivity index (χ0n) is 11.1. The molecule has 1 aromatic heterocycles. The van der Waals surface area contributed by atoms with E-state index in [0.29, 0.717) is 10.3 Å². The Bertz CT molecular complexity index is 924. The number of aryl methyl sites for hydroxylation is 2. The molecule has 0 saturated heterocycles. The van der Waals surface area contributed by atoms with Gasteiger partial charge in [0.15, 0.2) is 10.6 Å². The molecule has 0 spiro atoms. The van der Waals surface area contributed by atoms with Crippen LogP contribution in [0.2, 0.25) is 0 Å². The number of fused-ring (bicyclic) bond motifs is 2. The Morgan fingerprint density at radius 1 is 1.05 bits per heavy atom. The second-order valence-corrected chi connectivity index (χ2v) is 5.74. The second kappa shape index (κ2) is 4.49. The molecular formula is C16H12F2N2S. The van der Waals surface area contributed by atoms with E-state index in [0.717, 1.165) is 31.0 Å². The van der Waals surface area contributed by atoms with Crippen LogP contribution in [0.4, 0.5) is 8.78 Å². The summed E-state index contributed by atoms with van der Waals surface area (Å²) in [5.74, 6) is -1.24. The van der Waals surface area contributed by atoms with Gasteiger partial charge < -0.3 is 4.98 Å². The Morgan fingerprint density at radius 2 is 1.86 bits per heavy atom. The van der Waals surface area contributed by atoms with Crippen molar-refractivity contribution in [3.05, 3.63) is 57.9 Å². The lowest BCUT2D eigenvalue weighted by Gasteiger charge is -2.07. The van der Waals surface area contributed by atoms with Crippen molar-refractivity contribution in [3.63, 3.8) is 0 Å². The summed E-state index contributed by atoms with van der Waals surface area (Å²) in [5.41, 5.74) is 4.15. The van der Waals surface area contributed by atoms with Crippen LogP contribution in [0.5, 0.6) is 0 Å². The van der Waals surface area contributed by atoms with Gasteiger partial charge in [-0.25, -0.2) is 8.78 Å². The monoisotopic (exact) mass is 302 g/mol. The first-order chi connectivity index (χ1) is 10.1. The summed E-state index contributed by atoms with van der Waals surface area (Å²) in [6.45, 7) is 0. The van der Waals surface area contributed by atoms with E-state index in [-0.39, 0.29) is 5.52 Å². The number of hydrogen-bond acceptors (Lipinski definition) is 1. The molecule has 0 atom stereocenters. The minimum Gasteiger partial charge on any atom is -0.328 e. The van der Waals surface area contributed by atoms with Gasteiger partial charge in [-0.3, -0.25) is 4.57 Å². The highest BCUT2D eigenvalue weighted by Gasteiger charge is 2.15. The Hall–Kier alpha value is -2.01. The quantitative estimate of drug-likeness (QED) is 0.658. The van der Waals surface area contributed by atoms with Gasteiger partial charge in [-0.2, -0.15) is 0 Å². The van der Waals surface area contributed by atoms with Crippen molar-refractivity contribution in [1.29, 1.82) is 0 Å². The third-order valence-electron chi connectivity index (χ3n) is 4.05. The number of nitrogens with one attached hydrogen (secondary N) is 1. The summed E-state index contributed by atoms with van der Waals surface area (Å²) >= 11 is 5.28. The van der Waals surface area contributed by atoms with Crippen LogP contribution in [0.15, 0.2) is 30.3 Å². The molecule has 0 saturated carbocycles. The molecule has 1 heterocycles. The predicted octanol–water partition coefficient (Wildman–Crippen LogP) is 4.45. The van der Waals surface area contributed by atoms with Gasteiger partial charge in [0.25, 0.3) is 0 Å². The third kappa shape index (κ3) is 1.92. The molecule has 0 radical (unpaired) electrons. The largest absolute Gasteiger partial charge is 0.328 e. The van der Waals surface area contributed by atoms with E-state index in [9.17, 15) is 8.78 Å². The van der Waals surface area contributed by atoms with Crippen molar-refractivity contribution in [2.75, 3.05) is 0 Å². The number of benzene rings is 2. The molecule has 21 heavy (non-hydrogen) atoms. The van der Waals surface area contributed by atoms with Gasteiger partial charge in [0.05, 0.1) is 5.52 Å². The van der Waals surface area contributed by atoms with E-state index in [1.54, 1.807) is 4.57 Å². The minimum atomic E-state index is -0.629. The molecule has 0 bridgehead atoms. The average molecular weight is 302 g/mol. The molecule has 1 aliphatic carbocycles. The molecular weight excluding hydrogens is 290 g/mol. The molecule has 1 aliphatic rings. The first-order valence-corrected chi connectivity index (χ1v) is 7.26. The van der Waals surface area contributed by atoms with Crippen molar-refractivity contribution >= 4 is 23.3 Å². The summed E-state index contributed by atoms with van der Waals surface area (Å²) in [6, 6.07) is 8.26. The van der Waals surface area contributed by atoms with Crippen molar-refractivity contribution in [3.8, 4) is 5.69 Å². The number of halogens is 2. The van der Waals surface area contributed by atoms with Gasteiger partial charge >= 0.3 is 0 Å². The molecule has 0 fully saturated rings. The lowest BCUT2D eigenvalue weighted by Crippen LogP contribution is -1.96. The lowest BCUT2D eigenvalue weighted by atomic mass is 10.1. The zero-order chi connectivity index (χ0) is 14.6. The van der Waals surface area contributed by atoms with Crippen LogP contribution in [0.3, 0.4) is 0 Å². The Kier molecular flexibility index (Phi) is 2.72. The molecule has 2 aromatic carbocycles. The SMILES string of the molecule is Fc1cc(F)c2[nH]c(=S)n(-c3ccc4c(c3)CCC4)c2c1. The Balaban J connectivity index is 2.02. The number of H-pyrrole nitrogens is 1. The molecule has 3 aromatic rings. The fourth-order valence-corrected chi connectivity index (χ4v) is 3.39. The van der Waals surface area contributed by atoms with E-state index in [4.69, 9.17) is 12.2 Å². The molecule has 2 nitrogen and oxygen atoms in total. The Morgan fingerprint density at radius 3 is 2.71 bits per heavy atom. The topological polar surface area (TPSA) is 20.7 Å². The number of rotatable bonds is 1. The molecule has 5 heteroatoms. The number of aromatic nitrogens is 2. The van der Waals surface area contributed by atoms with E-state index < -0.39 is 11.6 Å². The molecule has 0 aliphatic heterocycles. The average Bonchev–Trinajstić information content (AvgIpc) is 3.01. The highest BCUT2D eigenvalue weighted by atomic mass is 32.1. The fourth-order valence-electron chi connectivity index (χ4n) is 3.09. The first-order valence-electron chi connectivity index (χ1n) is 6.85. The first kappa shape index (κ1) is 12.7. The van der Waals surface area contributed by atoms with Crippen molar-refractivity contribution in [1.82, 2.24) is 9.55 Å². The summed E-state index contributed by atoms with van der Waals surface area (Å²) in [4.78, 5) is 2.82. The highest BCUT2D eigenvalue weighted by Crippen LogP contribution is 2.27. The van der Waals surface area contributed by atoms with Gasteiger partial charge in [0.1, 0.15) is 11.3 Å². The minimum absolute atomic E-state index is 0.238. The maximum absolute atomic E-state index is 13.8. The van der Waals surface area contributed by atoms with Crippen LogP contribution in [0.1, 0.15) is 17.5 Å². The number of nitrogens with zero attached hydrogens (tertiary/aromatic N) is 1. The van der Waals surface area contributed by atoms with Gasteiger partial charge in [-0.15, -0.1) is 0 Å². The smallest absolute Gasteiger partial charge is 0.182 e. The summed E-state index contributed by atoms with van der Waals surface area (Å²) in [7, 11) is 0. The van der Waals surface area contributed by atoms with Crippen molar-refractivity contribution < 1.29 is 8.78 Å². The summed E-state index contributed by atoms with van der Waals surface area (Å²) < 4.78 is 29.4. The van der Waals surface area contributed by atoms with Gasteiger partial charge in [-0.05, 0) is 54.7 Å². The van der Waals surface area contributed by atoms with Crippen LogP contribution >= 0.6 is 12.2 Å².